The molecule has 3 nitrogen and oxygen atoms in total. The molecule has 128 valence electrons. The van der Waals surface area contributed by atoms with Crippen molar-refractivity contribution in [1.29, 1.82) is 0 Å². The monoisotopic (exact) mass is 335 g/mol. The van der Waals surface area contributed by atoms with Gasteiger partial charge in [0.1, 0.15) is 18.5 Å². The van der Waals surface area contributed by atoms with Crippen molar-refractivity contribution >= 4 is 11.8 Å². The largest absolute Gasteiger partial charge is 0.490 e. The van der Waals surface area contributed by atoms with Crippen molar-refractivity contribution in [2.45, 2.75) is 62.5 Å². The molecule has 3 atom stereocenters. The molecule has 0 aromatic heterocycles. The van der Waals surface area contributed by atoms with Crippen LogP contribution in [0.25, 0.3) is 0 Å². The van der Waals surface area contributed by atoms with Gasteiger partial charge in [0, 0.05) is 12.6 Å². The summed E-state index contributed by atoms with van der Waals surface area (Å²) in [6.07, 6.45) is 7.06. The van der Waals surface area contributed by atoms with Crippen LogP contribution < -0.4 is 10.1 Å². The fourth-order valence-electron chi connectivity index (χ4n) is 3.64. The minimum atomic E-state index is -0.448. The lowest BCUT2D eigenvalue weighted by Gasteiger charge is -2.28. The predicted molar refractivity (Wildman–Crippen MR) is 96.4 cm³/mol. The lowest BCUT2D eigenvalue weighted by molar-refractivity contribution is 0.0989. The Bertz CT molecular complexity index is 508. The summed E-state index contributed by atoms with van der Waals surface area (Å²) >= 11 is 1.88. The Morgan fingerprint density at radius 2 is 2.26 bits per heavy atom. The van der Waals surface area contributed by atoms with Crippen LogP contribution in [0.1, 0.15) is 44.6 Å². The van der Waals surface area contributed by atoms with Crippen molar-refractivity contribution in [3.05, 3.63) is 23.8 Å². The van der Waals surface area contributed by atoms with E-state index >= 15 is 0 Å². The van der Waals surface area contributed by atoms with Crippen LogP contribution in [0.5, 0.6) is 5.75 Å². The second kappa shape index (κ2) is 8.41. The summed E-state index contributed by atoms with van der Waals surface area (Å²) in [5, 5.41) is 13.7. The molecule has 1 aliphatic heterocycles. The van der Waals surface area contributed by atoms with Crippen LogP contribution in [-0.4, -0.2) is 36.2 Å². The molecule has 0 bridgehead atoms. The summed E-state index contributed by atoms with van der Waals surface area (Å²) in [7, 11) is 0. The molecule has 0 spiro atoms. The molecule has 3 unspecified atom stereocenters. The molecule has 1 aromatic carbocycles. The Balaban J connectivity index is 1.45. The van der Waals surface area contributed by atoms with Gasteiger partial charge in [-0.05, 0) is 49.0 Å². The maximum atomic E-state index is 10.2. The molecule has 1 heterocycles. The molecule has 2 N–H and O–H groups in total. The average molecular weight is 336 g/mol. The highest BCUT2D eigenvalue weighted by Crippen LogP contribution is 2.37. The number of benzene rings is 1. The van der Waals surface area contributed by atoms with E-state index in [1.807, 2.05) is 17.8 Å². The second-order valence-electron chi connectivity index (χ2n) is 7.04. The van der Waals surface area contributed by atoms with Crippen LogP contribution in [-0.2, 0) is 6.42 Å². The Kier molecular flexibility index (Phi) is 6.26. The zero-order valence-electron chi connectivity index (χ0n) is 14.1. The van der Waals surface area contributed by atoms with Gasteiger partial charge in [-0.2, -0.15) is 0 Å². The van der Waals surface area contributed by atoms with E-state index in [2.05, 4.69) is 24.4 Å². The van der Waals surface area contributed by atoms with Crippen molar-refractivity contribution < 1.29 is 9.84 Å². The van der Waals surface area contributed by atoms with Gasteiger partial charge in [0.05, 0.1) is 4.90 Å². The van der Waals surface area contributed by atoms with Crippen LogP contribution >= 0.6 is 11.8 Å². The molecule has 3 rings (SSSR count). The van der Waals surface area contributed by atoms with E-state index in [9.17, 15) is 5.11 Å². The Morgan fingerprint density at radius 1 is 1.35 bits per heavy atom. The maximum Gasteiger partial charge on any atom is 0.133 e. The Hall–Kier alpha value is -0.710. The number of thioether (sulfide) groups is 1. The minimum Gasteiger partial charge on any atom is -0.490 e. The number of fused-ring (bicyclic) bond motifs is 1. The van der Waals surface area contributed by atoms with Gasteiger partial charge >= 0.3 is 0 Å². The zero-order chi connectivity index (χ0) is 16.1. The van der Waals surface area contributed by atoms with Gasteiger partial charge in [0.15, 0.2) is 0 Å². The first-order valence-electron chi connectivity index (χ1n) is 9.01. The molecule has 1 aliphatic carbocycles. The van der Waals surface area contributed by atoms with E-state index in [1.54, 1.807) is 0 Å². The molecule has 23 heavy (non-hydrogen) atoms. The van der Waals surface area contributed by atoms with Gasteiger partial charge in [-0.15, -0.1) is 11.8 Å². The lowest BCUT2D eigenvalue weighted by Crippen LogP contribution is -2.40. The standard InChI is InChI=1S/C19H29NO2S/c1-14-5-2-8-16(11-14)20-12-17(21)13-22-18-9-3-6-15-7-4-10-23-19(15)18/h3,6,9,14,16-17,20-21H,2,4-5,7-8,10-13H2,1H3. The number of aliphatic hydroxyl groups excluding tert-OH is 1. The van der Waals surface area contributed by atoms with Crippen molar-refractivity contribution in [1.82, 2.24) is 5.32 Å². The highest BCUT2D eigenvalue weighted by Gasteiger charge is 2.20. The van der Waals surface area contributed by atoms with Gasteiger partial charge in [-0.1, -0.05) is 31.9 Å². The average Bonchev–Trinajstić information content (AvgIpc) is 2.58. The maximum absolute atomic E-state index is 10.2. The number of aliphatic hydroxyl groups is 1. The third kappa shape index (κ3) is 4.88. The molecule has 1 fully saturated rings. The lowest BCUT2D eigenvalue weighted by atomic mass is 9.87. The third-order valence-corrected chi connectivity index (χ3v) is 6.15. The number of hydrogen-bond acceptors (Lipinski definition) is 4. The van der Waals surface area contributed by atoms with E-state index in [4.69, 9.17) is 4.74 Å². The molecule has 1 saturated carbocycles. The topological polar surface area (TPSA) is 41.5 Å². The van der Waals surface area contributed by atoms with Gasteiger partial charge < -0.3 is 15.2 Å². The zero-order valence-corrected chi connectivity index (χ0v) is 14.9. The fraction of sp³-hybridized carbons (Fsp3) is 0.684. The molecular formula is C19H29NO2S. The normalized spacial score (nSPS) is 25.7. The van der Waals surface area contributed by atoms with Gasteiger partial charge in [0.2, 0.25) is 0 Å². The van der Waals surface area contributed by atoms with Crippen LogP contribution in [0.4, 0.5) is 0 Å². The molecule has 2 aliphatic rings. The van der Waals surface area contributed by atoms with E-state index in [1.165, 1.54) is 42.6 Å². The van der Waals surface area contributed by atoms with Crippen LogP contribution in [0.2, 0.25) is 0 Å². The highest BCUT2D eigenvalue weighted by molar-refractivity contribution is 7.99. The van der Waals surface area contributed by atoms with Crippen LogP contribution in [0.3, 0.4) is 0 Å². The van der Waals surface area contributed by atoms with Crippen molar-refractivity contribution in [3.8, 4) is 5.75 Å². The van der Waals surface area contributed by atoms with Crippen molar-refractivity contribution in [3.63, 3.8) is 0 Å². The molecular weight excluding hydrogens is 306 g/mol. The quantitative estimate of drug-likeness (QED) is 0.833. The summed E-state index contributed by atoms with van der Waals surface area (Å²) in [4.78, 5) is 1.28. The Morgan fingerprint density at radius 3 is 3.13 bits per heavy atom. The first-order valence-corrected chi connectivity index (χ1v) is 10.00. The minimum absolute atomic E-state index is 0.367. The first kappa shape index (κ1) is 17.1. The third-order valence-electron chi connectivity index (χ3n) is 4.91. The van der Waals surface area contributed by atoms with E-state index < -0.39 is 6.10 Å². The Labute approximate surface area is 144 Å². The summed E-state index contributed by atoms with van der Waals surface area (Å²) in [6.45, 7) is 3.31. The van der Waals surface area contributed by atoms with E-state index in [-0.39, 0.29) is 0 Å². The smallest absolute Gasteiger partial charge is 0.133 e. The van der Waals surface area contributed by atoms with Gasteiger partial charge in [0.25, 0.3) is 0 Å². The van der Waals surface area contributed by atoms with Gasteiger partial charge in [-0.3, -0.25) is 0 Å². The molecule has 0 radical (unpaired) electrons. The molecule has 0 amide bonds. The number of nitrogens with one attached hydrogen (secondary N) is 1. The number of aryl methyl sites for hydroxylation is 1. The van der Waals surface area contributed by atoms with Gasteiger partial charge in [-0.25, -0.2) is 0 Å². The van der Waals surface area contributed by atoms with Crippen LogP contribution in [0, 0.1) is 5.92 Å². The van der Waals surface area contributed by atoms with Crippen molar-refractivity contribution in [2.75, 3.05) is 18.9 Å². The summed E-state index contributed by atoms with van der Waals surface area (Å²) in [5.74, 6) is 2.91. The van der Waals surface area contributed by atoms with E-state index in [0.29, 0.717) is 19.2 Å². The second-order valence-corrected chi connectivity index (χ2v) is 8.14. The SMILES string of the molecule is CC1CCCC(NCC(O)COc2cccc3c2SCCC3)C1. The fourth-order valence-corrected chi connectivity index (χ4v) is 4.76. The predicted octanol–water partition coefficient (Wildman–Crippen LogP) is 3.63. The summed E-state index contributed by atoms with van der Waals surface area (Å²) < 4.78 is 5.92. The molecule has 4 heteroatoms. The highest BCUT2D eigenvalue weighted by atomic mass is 32.2. The molecule has 0 saturated heterocycles. The van der Waals surface area contributed by atoms with Crippen LogP contribution in [0.15, 0.2) is 23.1 Å². The van der Waals surface area contributed by atoms with E-state index in [0.717, 1.165) is 23.8 Å². The number of ether oxygens (including phenoxy) is 1. The summed E-state index contributed by atoms with van der Waals surface area (Å²) in [6, 6.07) is 6.85. The van der Waals surface area contributed by atoms with Crippen molar-refractivity contribution in [2.24, 2.45) is 5.92 Å². The number of hydrogen-bond donors (Lipinski definition) is 2. The summed E-state index contributed by atoms with van der Waals surface area (Å²) in [5.41, 5.74) is 1.39. The molecule has 1 aromatic rings. The first-order chi connectivity index (χ1) is 11.2. The number of rotatable bonds is 6.